The summed E-state index contributed by atoms with van der Waals surface area (Å²) in [6.07, 6.45) is 84.8. The summed E-state index contributed by atoms with van der Waals surface area (Å²) in [7, 11) is 1.50. The molecule has 2 N–H and O–H groups in total. The van der Waals surface area contributed by atoms with Gasteiger partial charge in [-0.1, -0.05) is 299 Å². The van der Waals surface area contributed by atoms with Crippen molar-refractivity contribution in [1.29, 1.82) is 0 Å². The number of hydrogen-bond acceptors (Lipinski definition) is 6. The summed E-state index contributed by atoms with van der Waals surface area (Å²) in [4.78, 5) is 37.9. The Morgan fingerprint density at radius 2 is 0.718 bits per heavy atom. The summed E-state index contributed by atoms with van der Waals surface area (Å²) in [5.74, 6) is -0.502. The van der Waals surface area contributed by atoms with Gasteiger partial charge >= 0.3 is 13.8 Å². The Balaban J connectivity index is 5.08. The van der Waals surface area contributed by atoms with Crippen molar-refractivity contribution in [2.45, 2.75) is 354 Å². The number of allylic oxidation sites excluding steroid dienone is 11. The number of esters is 1. The Morgan fingerprint density at radius 3 is 1.09 bits per heavy atom. The van der Waals surface area contributed by atoms with Crippen LogP contribution in [0.2, 0.25) is 0 Å². The highest BCUT2D eigenvalue weighted by atomic mass is 31.2. The zero-order chi connectivity index (χ0) is 62.1. The number of carbonyl (C=O) groups is 2. The van der Waals surface area contributed by atoms with Crippen molar-refractivity contribution in [3.05, 3.63) is 72.9 Å². The third-order valence-electron chi connectivity index (χ3n) is 16.1. The Morgan fingerprint density at radius 1 is 0.412 bits per heavy atom. The second kappa shape index (κ2) is 64.4. The topological polar surface area (TPSA) is 111 Å². The molecule has 0 bridgehead atoms. The van der Waals surface area contributed by atoms with Crippen molar-refractivity contribution in [1.82, 2.24) is 5.32 Å². The molecule has 0 saturated heterocycles. The summed E-state index contributed by atoms with van der Waals surface area (Å²) in [6, 6.07) is -0.854. The highest BCUT2D eigenvalue weighted by molar-refractivity contribution is 7.47. The van der Waals surface area contributed by atoms with Gasteiger partial charge in [0.2, 0.25) is 5.91 Å². The fraction of sp³-hybridized carbons (Fsp3) is 0.813. The molecule has 0 saturated carbocycles. The summed E-state index contributed by atoms with van der Waals surface area (Å²) < 4.78 is 30.9. The first kappa shape index (κ1) is 82.5. The number of phosphoric acid groups is 1. The summed E-state index contributed by atoms with van der Waals surface area (Å²) in [6.45, 7) is 7.00. The minimum Gasteiger partial charge on any atom is -0.456 e. The number of nitrogens with zero attached hydrogens (tertiary/aromatic N) is 1. The third kappa shape index (κ3) is 65.7. The molecule has 3 unspecified atom stereocenters. The highest BCUT2D eigenvalue weighted by Crippen LogP contribution is 2.43. The molecule has 0 aliphatic rings. The van der Waals surface area contributed by atoms with Crippen molar-refractivity contribution < 1.29 is 37.3 Å². The Labute approximate surface area is 527 Å². The molecular weight excluding hydrogens is 1070 g/mol. The standard InChI is InChI=1S/C75H139N2O7P/c1-7-10-13-16-19-22-25-28-30-32-34-36-37-38-39-41-42-44-46-49-52-55-58-61-64-67-74(78)76-72(71-83-85(80,81)82-70-69-77(4,5)6)73(66-63-60-57-54-51-48-27-24-21-18-15-12-9-3)84-75(79)68-65-62-59-56-53-50-47-45-43-40-35-33-31-29-26-23-20-17-14-11-8-2/h19-20,22-23,28-31,35,40,63,66,72-73H,7-18,21,24-27,32-34,36-39,41-62,64-65,67-71H2,1-6H3,(H-,76,78,80,81)/p+1/b22-19-,23-20-,30-28-,31-29-,40-35-,66-63-. The van der Waals surface area contributed by atoms with E-state index in [9.17, 15) is 19.0 Å². The van der Waals surface area contributed by atoms with Crippen LogP contribution in [-0.4, -0.2) is 74.3 Å². The van der Waals surface area contributed by atoms with E-state index < -0.39 is 20.0 Å². The number of nitrogens with one attached hydrogen (secondary N) is 1. The number of hydrogen-bond donors (Lipinski definition) is 2. The van der Waals surface area contributed by atoms with Crippen LogP contribution in [0.3, 0.4) is 0 Å². The molecular formula is C75H140N2O7P+. The van der Waals surface area contributed by atoms with Crippen molar-refractivity contribution in [2.24, 2.45) is 0 Å². The van der Waals surface area contributed by atoms with Gasteiger partial charge in [-0.3, -0.25) is 18.6 Å². The van der Waals surface area contributed by atoms with Crippen LogP contribution in [0.4, 0.5) is 0 Å². The third-order valence-corrected chi connectivity index (χ3v) is 17.1. The van der Waals surface area contributed by atoms with Crippen molar-refractivity contribution in [3.8, 4) is 0 Å². The van der Waals surface area contributed by atoms with Crippen LogP contribution in [0.25, 0.3) is 0 Å². The fourth-order valence-corrected chi connectivity index (χ4v) is 11.2. The molecule has 10 heteroatoms. The monoisotopic (exact) mass is 1210 g/mol. The number of rotatable bonds is 66. The number of quaternary nitrogens is 1. The van der Waals surface area contributed by atoms with Crippen LogP contribution < -0.4 is 5.32 Å². The van der Waals surface area contributed by atoms with Gasteiger partial charge in [-0.15, -0.1) is 0 Å². The lowest BCUT2D eigenvalue weighted by Crippen LogP contribution is -2.47. The number of carbonyl (C=O) groups excluding carboxylic acids is 2. The van der Waals surface area contributed by atoms with E-state index in [1.165, 1.54) is 218 Å². The average molecular weight is 1210 g/mol. The maximum Gasteiger partial charge on any atom is 0.472 e. The fourth-order valence-electron chi connectivity index (χ4n) is 10.5. The minimum atomic E-state index is -4.46. The van der Waals surface area contributed by atoms with Gasteiger partial charge in [-0.2, -0.15) is 0 Å². The van der Waals surface area contributed by atoms with Gasteiger partial charge in [0.1, 0.15) is 19.3 Å². The molecule has 0 fully saturated rings. The lowest BCUT2D eigenvalue weighted by atomic mass is 10.0. The zero-order valence-electron chi connectivity index (χ0n) is 56.9. The molecule has 3 atom stereocenters. The first-order valence-electron chi connectivity index (χ1n) is 36.3. The molecule has 0 aliphatic heterocycles. The number of phosphoric ester groups is 1. The lowest BCUT2D eigenvalue weighted by molar-refractivity contribution is -0.870. The summed E-state index contributed by atoms with van der Waals surface area (Å²) >= 11 is 0. The van der Waals surface area contributed by atoms with Gasteiger partial charge in [0.05, 0.1) is 33.8 Å². The smallest absolute Gasteiger partial charge is 0.456 e. The van der Waals surface area contributed by atoms with E-state index in [1.54, 1.807) is 0 Å². The van der Waals surface area contributed by atoms with E-state index in [0.29, 0.717) is 17.4 Å². The predicted molar refractivity (Wildman–Crippen MR) is 369 cm³/mol. The van der Waals surface area contributed by atoms with Crippen molar-refractivity contribution >= 4 is 19.7 Å². The maximum absolute atomic E-state index is 13.6. The van der Waals surface area contributed by atoms with Gasteiger partial charge in [-0.25, -0.2) is 4.57 Å². The van der Waals surface area contributed by atoms with E-state index in [0.717, 1.165) is 89.9 Å². The highest BCUT2D eigenvalue weighted by Gasteiger charge is 2.30. The number of ether oxygens (including phenoxy) is 1. The summed E-state index contributed by atoms with van der Waals surface area (Å²) in [5.41, 5.74) is 0. The molecule has 0 spiro atoms. The van der Waals surface area contributed by atoms with E-state index >= 15 is 0 Å². The molecule has 0 rings (SSSR count). The first-order chi connectivity index (χ1) is 41.4. The van der Waals surface area contributed by atoms with Gasteiger partial charge in [0, 0.05) is 12.8 Å². The Hall–Kier alpha value is -2.55. The van der Waals surface area contributed by atoms with Crippen LogP contribution in [0, 0.1) is 0 Å². The van der Waals surface area contributed by atoms with Crippen molar-refractivity contribution in [3.63, 3.8) is 0 Å². The SMILES string of the molecule is CCCCC/C=C\C/C=C\C/C=C\CCCCCCCCCCC(=O)OC(/C=C\CCCCCCCCCCCCC)C(COP(=O)(O)OCC[N+](C)(C)C)NC(=O)CCCCCCCCCCCCCCCCC/C=C\C/C=C\CCCCC. The number of amides is 1. The average Bonchev–Trinajstić information content (AvgIpc) is 3.48. The molecule has 0 aliphatic carbocycles. The van der Waals surface area contributed by atoms with Gasteiger partial charge in [0.25, 0.3) is 0 Å². The van der Waals surface area contributed by atoms with Crippen LogP contribution in [0.5, 0.6) is 0 Å². The molecule has 1 amide bonds. The van der Waals surface area contributed by atoms with E-state index in [1.807, 2.05) is 33.3 Å². The minimum absolute atomic E-state index is 0.0381. The second-order valence-electron chi connectivity index (χ2n) is 25.8. The van der Waals surface area contributed by atoms with Crippen molar-refractivity contribution in [2.75, 3.05) is 40.9 Å². The number of likely N-dealkylation sites (N-methyl/N-ethyl adjacent to an activating group) is 1. The zero-order valence-corrected chi connectivity index (χ0v) is 57.7. The molecule has 0 radical (unpaired) electrons. The maximum atomic E-state index is 13.6. The molecule has 0 aromatic heterocycles. The predicted octanol–water partition coefficient (Wildman–Crippen LogP) is 23.1. The van der Waals surface area contributed by atoms with E-state index in [-0.39, 0.29) is 31.5 Å². The van der Waals surface area contributed by atoms with Gasteiger partial charge < -0.3 is 19.4 Å². The molecule has 496 valence electrons. The Kier molecular flexibility index (Phi) is 62.5. The largest absolute Gasteiger partial charge is 0.472 e. The van der Waals surface area contributed by atoms with Gasteiger partial charge in [-0.05, 0) is 102 Å². The van der Waals surface area contributed by atoms with Crippen LogP contribution in [0.15, 0.2) is 72.9 Å². The molecule has 9 nitrogen and oxygen atoms in total. The van der Waals surface area contributed by atoms with Crippen LogP contribution in [-0.2, 0) is 27.9 Å². The lowest BCUT2D eigenvalue weighted by Gasteiger charge is -2.27. The van der Waals surface area contributed by atoms with E-state index in [2.05, 4.69) is 86.8 Å². The Bertz CT molecular complexity index is 1680. The molecule has 85 heavy (non-hydrogen) atoms. The second-order valence-corrected chi connectivity index (χ2v) is 27.2. The molecule has 0 heterocycles. The van der Waals surface area contributed by atoms with Crippen LogP contribution >= 0.6 is 7.82 Å². The summed E-state index contributed by atoms with van der Waals surface area (Å²) in [5, 5.41) is 3.08. The normalized spacial score (nSPS) is 13.9. The molecule has 0 aromatic carbocycles. The van der Waals surface area contributed by atoms with E-state index in [4.69, 9.17) is 13.8 Å². The first-order valence-corrected chi connectivity index (χ1v) is 37.8. The number of unbranched alkanes of at least 4 members (excludes halogenated alkanes) is 40. The quantitative estimate of drug-likeness (QED) is 0.0205. The van der Waals surface area contributed by atoms with Gasteiger partial charge in [0.15, 0.2) is 0 Å². The van der Waals surface area contributed by atoms with Crippen LogP contribution in [0.1, 0.15) is 342 Å². The molecule has 0 aromatic rings.